The van der Waals surface area contributed by atoms with Crippen LogP contribution >= 0.6 is 0 Å². The van der Waals surface area contributed by atoms with Crippen molar-refractivity contribution in [3.8, 4) is 5.69 Å². The van der Waals surface area contributed by atoms with Gasteiger partial charge in [0.2, 0.25) is 5.95 Å². The molecule has 0 saturated carbocycles. The Morgan fingerprint density at radius 3 is 2.70 bits per heavy atom. The predicted molar refractivity (Wildman–Crippen MR) is 79.0 cm³/mol. The molecule has 2 aromatic heterocycles. The molecule has 0 bridgehead atoms. The van der Waals surface area contributed by atoms with Crippen LogP contribution in [0.25, 0.3) is 5.69 Å². The first-order valence-corrected chi connectivity index (χ1v) is 6.64. The molecule has 1 N–H and O–H groups in total. The van der Waals surface area contributed by atoms with Gasteiger partial charge in [-0.05, 0) is 18.2 Å². The molecule has 0 aliphatic carbocycles. The zero-order chi connectivity index (χ0) is 13.8. The number of aromatic nitrogens is 4. The maximum atomic E-state index is 4.36. The molecule has 0 unspecified atom stereocenters. The molecular weight excluding hydrogens is 250 g/mol. The normalized spacial score (nSPS) is 10.7. The van der Waals surface area contributed by atoms with Crippen LogP contribution in [0, 0.1) is 0 Å². The molecule has 102 valence electrons. The molecule has 1 aromatic carbocycles. The Balaban J connectivity index is 1.67. The van der Waals surface area contributed by atoms with Crippen molar-refractivity contribution in [2.24, 2.45) is 7.05 Å². The molecule has 0 aliphatic heterocycles. The van der Waals surface area contributed by atoms with E-state index < -0.39 is 0 Å². The van der Waals surface area contributed by atoms with Gasteiger partial charge < -0.3 is 5.32 Å². The second-order valence-corrected chi connectivity index (χ2v) is 4.58. The minimum atomic E-state index is 0.823. The van der Waals surface area contributed by atoms with Crippen LogP contribution in [0.15, 0.2) is 55.0 Å². The maximum absolute atomic E-state index is 4.36. The van der Waals surface area contributed by atoms with E-state index in [1.165, 1.54) is 5.69 Å². The zero-order valence-electron chi connectivity index (χ0n) is 11.4. The molecule has 0 spiro atoms. The van der Waals surface area contributed by atoms with Crippen molar-refractivity contribution in [1.82, 2.24) is 19.3 Å². The molecule has 0 atom stereocenters. The van der Waals surface area contributed by atoms with E-state index in [1.54, 1.807) is 6.20 Å². The number of nitrogens with zero attached hydrogens (tertiary/aromatic N) is 4. The Morgan fingerprint density at radius 2 is 1.95 bits per heavy atom. The number of benzene rings is 1. The number of hydrogen-bond acceptors (Lipinski definition) is 3. The summed E-state index contributed by atoms with van der Waals surface area (Å²) in [5, 5.41) is 7.53. The highest BCUT2D eigenvalue weighted by Gasteiger charge is 2.04. The lowest BCUT2D eigenvalue weighted by atomic mass is 10.3. The first-order chi connectivity index (χ1) is 9.84. The van der Waals surface area contributed by atoms with E-state index in [0.29, 0.717) is 0 Å². The van der Waals surface area contributed by atoms with Crippen molar-refractivity contribution in [3.63, 3.8) is 0 Å². The smallest absolute Gasteiger partial charge is 0.207 e. The molecule has 0 fully saturated rings. The van der Waals surface area contributed by atoms with E-state index in [4.69, 9.17) is 0 Å². The Hall–Kier alpha value is -2.56. The number of anilines is 1. The third-order valence-electron chi connectivity index (χ3n) is 3.26. The molecule has 3 aromatic rings. The maximum Gasteiger partial charge on any atom is 0.207 e. The Kier molecular flexibility index (Phi) is 3.50. The topological polar surface area (TPSA) is 47.7 Å². The molecule has 5 heteroatoms. The molecule has 5 nitrogen and oxygen atoms in total. The van der Waals surface area contributed by atoms with Crippen molar-refractivity contribution in [2.45, 2.75) is 6.42 Å². The van der Waals surface area contributed by atoms with Gasteiger partial charge in [0.15, 0.2) is 0 Å². The minimum absolute atomic E-state index is 0.823. The van der Waals surface area contributed by atoms with Gasteiger partial charge in [0.05, 0.1) is 0 Å². The summed E-state index contributed by atoms with van der Waals surface area (Å²) in [6.07, 6.45) is 6.50. The highest BCUT2D eigenvalue weighted by atomic mass is 15.3. The fourth-order valence-electron chi connectivity index (χ4n) is 2.18. The summed E-state index contributed by atoms with van der Waals surface area (Å²) >= 11 is 0. The fourth-order valence-corrected chi connectivity index (χ4v) is 2.18. The van der Waals surface area contributed by atoms with Crippen molar-refractivity contribution < 1.29 is 0 Å². The highest BCUT2D eigenvalue weighted by Crippen LogP contribution is 2.13. The van der Waals surface area contributed by atoms with Crippen LogP contribution in [0.4, 0.5) is 5.95 Å². The Labute approximate surface area is 117 Å². The summed E-state index contributed by atoms with van der Waals surface area (Å²) in [4.78, 5) is 4.36. The minimum Gasteiger partial charge on any atom is -0.355 e. The number of imidazole rings is 1. The van der Waals surface area contributed by atoms with E-state index >= 15 is 0 Å². The van der Waals surface area contributed by atoms with Crippen LogP contribution in [-0.4, -0.2) is 25.9 Å². The van der Waals surface area contributed by atoms with Gasteiger partial charge in [0, 0.05) is 50.0 Å². The van der Waals surface area contributed by atoms with E-state index in [1.807, 2.05) is 53.0 Å². The molecule has 0 saturated heterocycles. The largest absolute Gasteiger partial charge is 0.355 e. The fraction of sp³-hybridized carbons (Fsp3) is 0.200. The van der Waals surface area contributed by atoms with E-state index in [2.05, 4.69) is 27.5 Å². The summed E-state index contributed by atoms with van der Waals surface area (Å²) in [5.74, 6) is 0.860. The van der Waals surface area contributed by atoms with Crippen molar-refractivity contribution >= 4 is 5.95 Å². The summed E-state index contributed by atoms with van der Waals surface area (Å²) < 4.78 is 3.94. The number of rotatable bonds is 5. The second kappa shape index (κ2) is 5.61. The monoisotopic (exact) mass is 267 g/mol. The highest BCUT2D eigenvalue weighted by molar-refractivity contribution is 5.41. The van der Waals surface area contributed by atoms with Gasteiger partial charge in [-0.2, -0.15) is 5.10 Å². The van der Waals surface area contributed by atoms with Crippen LogP contribution in [0.3, 0.4) is 0 Å². The molecule has 3 rings (SSSR count). The standard InChI is InChI=1S/C15H17N5/c1-19-13(8-10-18-19)7-9-16-15-17-11-12-20(15)14-5-3-2-4-6-14/h2-6,8,10-12H,7,9H2,1H3,(H,16,17). The van der Waals surface area contributed by atoms with E-state index in [0.717, 1.165) is 24.6 Å². The lowest BCUT2D eigenvalue weighted by Crippen LogP contribution is -2.11. The van der Waals surface area contributed by atoms with Gasteiger partial charge in [-0.25, -0.2) is 4.98 Å². The average molecular weight is 267 g/mol. The van der Waals surface area contributed by atoms with Gasteiger partial charge in [0.25, 0.3) is 0 Å². The number of hydrogen-bond donors (Lipinski definition) is 1. The lowest BCUT2D eigenvalue weighted by molar-refractivity contribution is 0.710. The van der Waals surface area contributed by atoms with Gasteiger partial charge in [-0.15, -0.1) is 0 Å². The van der Waals surface area contributed by atoms with E-state index in [-0.39, 0.29) is 0 Å². The first-order valence-electron chi connectivity index (χ1n) is 6.64. The van der Waals surface area contributed by atoms with Crippen LogP contribution in [0.5, 0.6) is 0 Å². The van der Waals surface area contributed by atoms with Crippen molar-refractivity contribution in [1.29, 1.82) is 0 Å². The third-order valence-corrected chi connectivity index (χ3v) is 3.26. The predicted octanol–water partition coefficient (Wildman–Crippen LogP) is 2.26. The summed E-state index contributed by atoms with van der Waals surface area (Å²) in [7, 11) is 1.96. The Morgan fingerprint density at radius 1 is 1.10 bits per heavy atom. The average Bonchev–Trinajstić information content (AvgIpc) is 3.10. The third kappa shape index (κ3) is 2.56. The number of nitrogens with one attached hydrogen (secondary N) is 1. The first kappa shape index (κ1) is 12.5. The molecule has 2 heterocycles. The molecule has 0 amide bonds. The quantitative estimate of drug-likeness (QED) is 0.771. The second-order valence-electron chi connectivity index (χ2n) is 4.58. The summed E-state index contributed by atoms with van der Waals surface area (Å²) in [6, 6.07) is 12.2. The molecule has 0 radical (unpaired) electrons. The van der Waals surface area contributed by atoms with Gasteiger partial charge >= 0.3 is 0 Å². The van der Waals surface area contributed by atoms with Crippen LogP contribution in [0.1, 0.15) is 5.69 Å². The number of para-hydroxylation sites is 1. The van der Waals surface area contributed by atoms with Crippen molar-refractivity contribution in [2.75, 3.05) is 11.9 Å². The van der Waals surface area contributed by atoms with Gasteiger partial charge in [-0.1, -0.05) is 18.2 Å². The summed E-state index contributed by atoms with van der Waals surface area (Å²) in [5.41, 5.74) is 2.31. The van der Waals surface area contributed by atoms with Crippen molar-refractivity contribution in [3.05, 3.63) is 60.7 Å². The van der Waals surface area contributed by atoms with Crippen LogP contribution in [-0.2, 0) is 13.5 Å². The van der Waals surface area contributed by atoms with E-state index in [9.17, 15) is 0 Å². The number of aryl methyl sites for hydroxylation is 1. The molecule has 20 heavy (non-hydrogen) atoms. The van der Waals surface area contributed by atoms with Gasteiger partial charge in [0.1, 0.15) is 0 Å². The SMILES string of the molecule is Cn1nccc1CCNc1nccn1-c1ccccc1. The lowest BCUT2D eigenvalue weighted by Gasteiger charge is -2.09. The van der Waals surface area contributed by atoms with Crippen LogP contribution < -0.4 is 5.32 Å². The van der Waals surface area contributed by atoms with Gasteiger partial charge in [-0.3, -0.25) is 9.25 Å². The summed E-state index contributed by atoms with van der Waals surface area (Å²) in [6.45, 7) is 0.823. The molecule has 0 aliphatic rings. The zero-order valence-corrected chi connectivity index (χ0v) is 11.4. The van der Waals surface area contributed by atoms with Crippen LogP contribution in [0.2, 0.25) is 0 Å². The Bertz CT molecular complexity index is 668. The molecular formula is C15H17N5.